The van der Waals surface area contributed by atoms with Crippen LogP contribution in [0.3, 0.4) is 0 Å². The van der Waals surface area contributed by atoms with E-state index in [9.17, 15) is 4.79 Å². The molecule has 92 valence electrons. The summed E-state index contributed by atoms with van der Waals surface area (Å²) in [5.41, 5.74) is 2.52. The molecule has 0 amide bonds. The van der Waals surface area contributed by atoms with Gasteiger partial charge in [-0.3, -0.25) is 4.79 Å². The van der Waals surface area contributed by atoms with E-state index in [1.807, 2.05) is 11.5 Å². The van der Waals surface area contributed by atoms with Crippen LogP contribution in [0.5, 0.6) is 0 Å². The number of aryl methyl sites for hydroxylation is 1. The lowest BCUT2D eigenvalue weighted by molar-refractivity contribution is 0.169. The van der Waals surface area contributed by atoms with Crippen molar-refractivity contribution in [2.45, 2.75) is 52.0 Å². The highest BCUT2D eigenvalue weighted by atomic mass is 16.1. The molecular weight excluding hydrogens is 210 g/mol. The van der Waals surface area contributed by atoms with E-state index >= 15 is 0 Å². The van der Waals surface area contributed by atoms with Crippen molar-refractivity contribution in [1.82, 2.24) is 4.57 Å². The Kier molecular flexibility index (Phi) is 2.61. The van der Waals surface area contributed by atoms with Crippen LogP contribution in [0, 0.1) is 18.8 Å². The van der Waals surface area contributed by atoms with Crippen molar-refractivity contribution >= 4 is 0 Å². The molecule has 2 saturated carbocycles. The highest BCUT2D eigenvalue weighted by Crippen LogP contribution is 2.40. The summed E-state index contributed by atoms with van der Waals surface area (Å²) < 4.78 is 1.98. The third-order valence-electron chi connectivity index (χ3n) is 4.56. The molecule has 0 aromatic carbocycles. The van der Waals surface area contributed by atoms with Crippen molar-refractivity contribution in [3.8, 4) is 0 Å². The smallest absolute Gasteiger partial charge is 0.253 e. The first kappa shape index (κ1) is 11.1. The number of pyridine rings is 1. The van der Waals surface area contributed by atoms with Crippen LogP contribution in [0.25, 0.3) is 0 Å². The highest BCUT2D eigenvalue weighted by molar-refractivity contribution is 5.25. The van der Waals surface area contributed by atoms with Gasteiger partial charge in [0, 0.05) is 18.3 Å². The van der Waals surface area contributed by atoms with Crippen LogP contribution >= 0.6 is 0 Å². The van der Waals surface area contributed by atoms with Crippen LogP contribution < -0.4 is 5.56 Å². The second-order valence-corrected chi connectivity index (χ2v) is 6.00. The number of aromatic nitrogens is 1. The molecule has 2 aliphatic carbocycles. The van der Waals surface area contributed by atoms with Crippen molar-refractivity contribution in [3.05, 3.63) is 33.7 Å². The van der Waals surface area contributed by atoms with Gasteiger partial charge in [-0.25, -0.2) is 0 Å². The lowest BCUT2D eigenvalue weighted by atomic mass is 9.75. The Morgan fingerprint density at radius 3 is 2.59 bits per heavy atom. The number of nitrogens with zero attached hydrogens (tertiary/aromatic N) is 1. The molecule has 1 aromatic rings. The zero-order chi connectivity index (χ0) is 12.0. The van der Waals surface area contributed by atoms with Crippen molar-refractivity contribution in [1.29, 1.82) is 0 Å². The largest absolute Gasteiger partial charge is 0.315 e. The van der Waals surface area contributed by atoms with Gasteiger partial charge in [-0.05, 0) is 55.6 Å². The highest BCUT2D eigenvalue weighted by Gasteiger charge is 2.28. The third kappa shape index (κ3) is 2.05. The molecule has 2 fully saturated rings. The molecule has 0 N–H and O–H groups in total. The third-order valence-corrected chi connectivity index (χ3v) is 4.56. The molecule has 0 aliphatic heterocycles. The maximum absolute atomic E-state index is 12.1. The summed E-state index contributed by atoms with van der Waals surface area (Å²) in [6.45, 7) is 5.19. The molecule has 17 heavy (non-hydrogen) atoms. The number of hydrogen-bond acceptors (Lipinski definition) is 1. The summed E-state index contributed by atoms with van der Waals surface area (Å²) in [4.78, 5) is 12.1. The minimum absolute atomic E-state index is 0.216. The minimum Gasteiger partial charge on any atom is -0.315 e. The lowest BCUT2D eigenvalue weighted by Gasteiger charge is -2.34. The van der Waals surface area contributed by atoms with Crippen molar-refractivity contribution in [3.63, 3.8) is 0 Å². The second kappa shape index (κ2) is 4.01. The Morgan fingerprint density at radius 1 is 1.29 bits per heavy atom. The predicted octanol–water partition coefficient (Wildman–Crippen LogP) is 3.08. The fourth-order valence-corrected chi connectivity index (χ4v) is 2.85. The van der Waals surface area contributed by atoms with Crippen LogP contribution in [0.1, 0.15) is 49.7 Å². The molecule has 0 spiro atoms. The standard InChI is InChI=1S/C15H21NO/c1-10-3-4-13(10)8-16-9-14(12-5-6-12)7-11(2)15(16)17/h7,9-10,12-13H,3-6,8H2,1-2H3. The van der Waals surface area contributed by atoms with Crippen LogP contribution in [0.4, 0.5) is 0 Å². The first-order valence-electron chi connectivity index (χ1n) is 6.86. The molecule has 0 radical (unpaired) electrons. The van der Waals surface area contributed by atoms with E-state index in [0.717, 1.165) is 29.9 Å². The molecule has 1 heterocycles. The van der Waals surface area contributed by atoms with Gasteiger partial charge in [-0.2, -0.15) is 0 Å². The van der Waals surface area contributed by atoms with Crippen molar-refractivity contribution < 1.29 is 0 Å². The fraction of sp³-hybridized carbons (Fsp3) is 0.667. The van der Waals surface area contributed by atoms with Gasteiger partial charge in [0.1, 0.15) is 0 Å². The minimum atomic E-state index is 0.216. The Bertz CT molecular complexity index is 484. The summed E-state index contributed by atoms with van der Waals surface area (Å²) in [5.74, 6) is 2.26. The quantitative estimate of drug-likeness (QED) is 0.783. The average molecular weight is 231 g/mol. The topological polar surface area (TPSA) is 22.0 Å². The van der Waals surface area contributed by atoms with E-state index in [0.29, 0.717) is 0 Å². The van der Waals surface area contributed by atoms with Gasteiger partial charge in [-0.1, -0.05) is 13.3 Å². The SMILES string of the molecule is Cc1cc(C2CC2)cn(CC2CCC2C)c1=O. The molecule has 1 aromatic heterocycles. The zero-order valence-corrected chi connectivity index (χ0v) is 10.8. The van der Waals surface area contributed by atoms with E-state index < -0.39 is 0 Å². The lowest BCUT2D eigenvalue weighted by Crippen LogP contribution is -2.32. The van der Waals surface area contributed by atoms with Crippen LogP contribution in [0.15, 0.2) is 17.1 Å². The predicted molar refractivity (Wildman–Crippen MR) is 69.3 cm³/mol. The first-order chi connectivity index (χ1) is 8.15. The first-order valence-corrected chi connectivity index (χ1v) is 6.86. The Hall–Kier alpha value is -1.05. The van der Waals surface area contributed by atoms with Crippen LogP contribution in [-0.4, -0.2) is 4.57 Å². The molecule has 2 nitrogen and oxygen atoms in total. The van der Waals surface area contributed by atoms with E-state index in [2.05, 4.69) is 19.2 Å². The Morgan fingerprint density at radius 2 is 2.06 bits per heavy atom. The summed E-state index contributed by atoms with van der Waals surface area (Å²) in [6.07, 6.45) is 7.36. The van der Waals surface area contributed by atoms with E-state index in [1.54, 1.807) is 0 Å². The van der Waals surface area contributed by atoms with Gasteiger partial charge in [0.15, 0.2) is 0 Å². The van der Waals surface area contributed by atoms with Crippen LogP contribution in [-0.2, 0) is 6.54 Å². The number of rotatable bonds is 3. The van der Waals surface area contributed by atoms with E-state index in [-0.39, 0.29) is 5.56 Å². The van der Waals surface area contributed by atoms with Crippen molar-refractivity contribution in [2.24, 2.45) is 11.8 Å². The average Bonchev–Trinajstić information content (AvgIpc) is 3.12. The van der Waals surface area contributed by atoms with E-state index in [4.69, 9.17) is 0 Å². The molecule has 2 unspecified atom stereocenters. The van der Waals surface area contributed by atoms with Gasteiger partial charge >= 0.3 is 0 Å². The van der Waals surface area contributed by atoms with Gasteiger partial charge in [-0.15, -0.1) is 0 Å². The maximum Gasteiger partial charge on any atom is 0.253 e. The number of hydrogen-bond donors (Lipinski definition) is 0. The normalized spacial score (nSPS) is 27.9. The van der Waals surface area contributed by atoms with Crippen LogP contribution in [0.2, 0.25) is 0 Å². The molecule has 2 heteroatoms. The Labute approximate surface area is 103 Å². The van der Waals surface area contributed by atoms with Gasteiger partial charge in [0.05, 0.1) is 0 Å². The zero-order valence-electron chi connectivity index (χ0n) is 10.8. The molecule has 0 bridgehead atoms. The maximum atomic E-state index is 12.1. The molecule has 2 atom stereocenters. The monoisotopic (exact) mass is 231 g/mol. The van der Waals surface area contributed by atoms with Crippen molar-refractivity contribution in [2.75, 3.05) is 0 Å². The summed E-state index contributed by atoms with van der Waals surface area (Å²) in [6, 6.07) is 2.10. The molecular formula is C15H21NO. The molecule has 2 aliphatic rings. The molecule has 3 rings (SSSR count). The van der Waals surface area contributed by atoms with Gasteiger partial charge < -0.3 is 4.57 Å². The Balaban J connectivity index is 1.88. The van der Waals surface area contributed by atoms with Gasteiger partial charge in [0.2, 0.25) is 0 Å². The van der Waals surface area contributed by atoms with Gasteiger partial charge in [0.25, 0.3) is 5.56 Å². The summed E-state index contributed by atoms with van der Waals surface area (Å²) >= 11 is 0. The second-order valence-electron chi connectivity index (χ2n) is 6.00. The fourth-order valence-electron chi connectivity index (χ4n) is 2.85. The summed E-state index contributed by atoms with van der Waals surface area (Å²) in [7, 11) is 0. The summed E-state index contributed by atoms with van der Waals surface area (Å²) in [5, 5.41) is 0. The van der Waals surface area contributed by atoms with E-state index in [1.165, 1.54) is 31.2 Å². The molecule has 0 saturated heterocycles.